The summed E-state index contributed by atoms with van der Waals surface area (Å²) in [7, 11) is 0. The van der Waals surface area contributed by atoms with Crippen molar-refractivity contribution in [2.24, 2.45) is 0 Å². The summed E-state index contributed by atoms with van der Waals surface area (Å²) in [6.45, 7) is 7.05. The van der Waals surface area contributed by atoms with Gasteiger partial charge in [-0.05, 0) is 43.7 Å². The van der Waals surface area contributed by atoms with Gasteiger partial charge in [0.05, 0.1) is 13.2 Å². The van der Waals surface area contributed by atoms with Gasteiger partial charge in [-0.2, -0.15) is 13.2 Å². The number of amides is 2. The Bertz CT molecular complexity index is 1020. The second-order valence-corrected chi connectivity index (χ2v) is 8.16. The van der Waals surface area contributed by atoms with E-state index in [1.165, 1.54) is 0 Å². The van der Waals surface area contributed by atoms with Crippen LogP contribution in [0, 0.1) is 0 Å². The molecule has 0 atom stereocenters. The first-order chi connectivity index (χ1) is 18.1. The molecule has 1 fully saturated rings. The number of carbonyl (C=O) groups is 3. The molecular weight excluding hydrogens is 513 g/mol. The summed E-state index contributed by atoms with van der Waals surface area (Å²) < 4.78 is 47.9. The predicted molar refractivity (Wildman–Crippen MR) is 129 cm³/mol. The fourth-order valence-corrected chi connectivity index (χ4v) is 3.15. The third-order valence-corrected chi connectivity index (χ3v) is 5.07. The van der Waals surface area contributed by atoms with Crippen LogP contribution in [0.5, 0.6) is 5.75 Å². The van der Waals surface area contributed by atoms with E-state index in [2.05, 4.69) is 20.7 Å². The molecule has 14 heteroatoms. The highest BCUT2D eigenvalue weighted by atomic mass is 19.4. The van der Waals surface area contributed by atoms with Crippen LogP contribution in [0.1, 0.15) is 42.4 Å². The van der Waals surface area contributed by atoms with Crippen molar-refractivity contribution in [1.29, 1.82) is 0 Å². The van der Waals surface area contributed by atoms with E-state index < -0.39 is 12.1 Å². The van der Waals surface area contributed by atoms with Crippen molar-refractivity contribution in [1.82, 2.24) is 15.4 Å². The molecule has 2 heterocycles. The maximum Gasteiger partial charge on any atom is 0.490 e. The molecule has 1 saturated heterocycles. The summed E-state index contributed by atoms with van der Waals surface area (Å²) >= 11 is 0. The third-order valence-electron chi connectivity index (χ3n) is 5.07. The van der Waals surface area contributed by atoms with Gasteiger partial charge in [0.2, 0.25) is 5.91 Å². The van der Waals surface area contributed by atoms with E-state index in [4.69, 9.17) is 23.9 Å². The van der Waals surface area contributed by atoms with Crippen molar-refractivity contribution in [2.45, 2.75) is 39.0 Å². The molecule has 0 unspecified atom stereocenters. The third kappa shape index (κ3) is 11.6. The quantitative estimate of drug-likeness (QED) is 0.364. The van der Waals surface area contributed by atoms with Crippen LogP contribution in [0.15, 0.2) is 34.9 Å². The molecule has 1 aromatic carbocycles. The Morgan fingerprint density at radius 3 is 2.42 bits per heavy atom. The zero-order valence-electron chi connectivity index (χ0n) is 20.9. The summed E-state index contributed by atoms with van der Waals surface area (Å²) in [5.74, 6) is -1.95. The zero-order chi connectivity index (χ0) is 28.0. The largest absolute Gasteiger partial charge is 0.490 e. The maximum atomic E-state index is 12.2. The Morgan fingerprint density at radius 2 is 1.82 bits per heavy atom. The topological polar surface area (TPSA) is 143 Å². The second kappa shape index (κ2) is 15.6. The van der Waals surface area contributed by atoms with E-state index >= 15 is 0 Å². The lowest BCUT2D eigenvalue weighted by atomic mass is 10.2. The number of ether oxygens (including phenoxy) is 2. The first-order valence-electron chi connectivity index (χ1n) is 11.9. The number of carboxylic acid groups (broad SMARTS) is 1. The minimum Gasteiger partial charge on any atom is -0.486 e. The summed E-state index contributed by atoms with van der Waals surface area (Å²) in [6.07, 6.45) is -2.92. The van der Waals surface area contributed by atoms with Crippen LogP contribution in [0.2, 0.25) is 0 Å². The Balaban J connectivity index is 0.000000638. The number of carbonyl (C=O) groups excluding carboxylic acids is 2. The van der Waals surface area contributed by atoms with Gasteiger partial charge in [0.1, 0.15) is 12.4 Å². The van der Waals surface area contributed by atoms with Crippen LogP contribution in [0.25, 0.3) is 0 Å². The molecule has 0 radical (unpaired) electrons. The number of benzene rings is 1. The fraction of sp³-hybridized carbons (Fsp3) is 0.500. The number of hydrogen-bond donors (Lipinski definition) is 3. The number of nitrogens with zero attached hydrogens (tertiary/aromatic N) is 2. The summed E-state index contributed by atoms with van der Waals surface area (Å²) in [4.78, 5) is 35.1. The van der Waals surface area contributed by atoms with Crippen molar-refractivity contribution in [2.75, 3.05) is 44.7 Å². The lowest BCUT2D eigenvalue weighted by Crippen LogP contribution is -2.38. The van der Waals surface area contributed by atoms with Gasteiger partial charge in [-0.3, -0.25) is 14.5 Å². The molecule has 3 N–H and O–H groups in total. The van der Waals surface area contributed by atoms with E-state index in [-0.39, 0.29) is 24.1 Å². The Morgan fingerprint density at radius 1 is 1.16 bits per heavy atom. The van der Waals surface area contributed by atoms with Crippen molar-refractivity contribution in [3.8, 4) is 5.75 Å². The van der Waals surface area contributed by atoms with Gasteiger partial charge < -0.3 is 29.7 Å². The molecule has 1 aromatic heterocycles. The molecule has 11 nitrogen and oxygen atoms in total. The number of aromatic nitrogens is 1. The van der Waals surface area contributed by atoms with E-state index in [1.54, 1.807) is 30.3 Å². The molecule has 2 aromatic rings. The second-order valence-electron chi connectivity index (χ2n) is 8.16. The van der Waals surface area contributed by atoms with Crippen molar-refractivity contribution >= 4 is 23.5 Å². The molecule has 0 spiro atoms. The number of aliphatic carboxylic acids is 1. The van der Waals surface area contributed by atoms with Gasteiger partial charge in [-0.25, -0.2) is 4.79 Å². The van der Waals surface area contributed by atoms with E-state index in [1.807, 2.05) is 6.92 Å². The molecule has 210 valence electrons. The number of carboxylic acids is 1. The van der Waals surface area contributed by atoms with Gasteiger partial charge in [0, 0.05) is 37.8 Å². The van der Waals surface area contributed by atoms with Crippen LogP contribution in [0.3, 0.4) is 0 Å². The van der Waals surface area contributed by atoms with Crippen LogP contribution >= 0.6 is 0 Å². The minimum atomic E-state index is -5.08. The Kier molecular flexibility index (Phi) is 12.5. The molecule has 0 saturated carbocycles. The summed E-state index contributed by atoms with van der Waals surface area (Å²) in [6, 6.07) is 8.66. The summed E-state index contributed by atoms with van der Waals surface area (Å²) in [5, 5.41) is 16.6. The smallest absolute Gasteiger partial charge is 0.486 e. The number of hydrogen-bond acceptors (Lipinski definition) is 8. The lowest BCUT2D eigenvalue weighted by Gasteiger charge is -2.26. The number of anilines is 1. The molecule has 38 heavy (non-hydrogen) atoms. The molecule has 0 aliphatic carbocycles. The van der Waals surface area contributed by atoms with Gasteiger partial charge in [0.15, 0.2) is 11.5 Å². The highest BCUT2D eigenvalue weighted by Gasteiger charge is 2.38. The molecule has 1 aliphatic heterocycles. The van der Waals surface area contributed by atoms with Crippen LogP contribution in [-0.2, 0) is 20.9 Å². The number of halogens is 3. The van der Waals surface area contributed by atoms with Crippen LogP contribution < -0.4 is 15.4 Å². The monoisotopic (exact) mass is 544 g/mol. The standard InChI is InChI=1S/C22H30N4O5.C2HF3O2/c1-2-4-21(27)24-17-5-7-18(8-6-17)30-16-19-15-20(25-31-19)22(28)23-9-3-10-26-11-13-29-14-12-26;3-2(4,5)1(6)7/h5-8,15H,2-4,9-14,16H2,1H3,(H,23,28)(H,24,27);(H,6,7). The average molecular weight is 545 g/mol. The molecule has 2 amide bonds. The number of morpholine rings is 1. The molecule has 0 bridgehead atoms. The first kappa shape index (κ1) is 30.6. The molecule has 3 rings (SSSR count). The lowest BCUT2D eigenvalue weighted by molar-refractivity contribution is -0.192. The number of alkyl halides is 3. The minimum absolute atomic E-state index is 0.00951. The number of nitrogens with one attached hydrogen (secondary N) is 2. The Hall–Kier alpha value is -3.65. The van der Waals surface area contributed by atoms with Gasteiger partial charge in [0.25, 0.3) is 5.91 Å². The average Bonchev–Trinajstić information content (AvgIpc) is 3.36. The number of rotatable bonds is 11. The van der Waals surface area contributed by atoms with Gasteiger partial charge in [-0.15, -0.1) is 0 Å². The van der Waals surface area contributed by atoms with Crippen LogP contribution in [0.4, 0.5) is 18.9 Å². The fourth-order valence-electron chi connectivity index (χ4n) is 3.15. The van der Waals surface area contributed by atoms with Crippen molar-refractivity contribution in [3.05, 3.63) is 41.8 Å². The normalized spacial score (nSPS) is 13.7. The molecule has 1 aliphatic rings. The van der Waals surface area contributed by atoms with E-state index in [9.17, 15) is 22.8 Å². The maximum absolute atomic E-state index is 12.2. The first-order valence-corrected chi connectivity index (χ1v) is 11.9. The van der Waals surface area contributed by atoms with E-state index in [0.29, 0.717) is 24.5 Å². The van der Waals surface area contributed by atoms with E-state index in [0.717, 1.165) is 51.4 Å². The Labute approximate surface area is 217 Å². The summed E-state index contributed by atoms with van der Waals surface area (Å²) in [5.41, 5.74) is 0.956. The molecular formula is C24H31F3N4O7. The van der Waals surface area contributed by atoms with Crippen molar-refractivity contribution < 1.29 is 46.7 Å². The van der Waals surface area contributed by atoms with Crippen LogP contribution in [-0.4, -0.2) is 78.5 Å². The van der Waals surface area contributed by atoms with Gasteiger partial charge in [-0.1, -0.05) is 12.1 Å². The highest BCUT2D eigenvalue weighted by molar-refractivity contribution is 5.92. The highest BCUT2D eigenvalue weighted by Crippen LogP contribution is 2.18. The van der Waals surface area contributed by atoms with Crippen molar-refractivity contribution in [3.63, 3.8) is 0 Å². The predicted octanol–water partition coefficient (Wildman–Crippen LogP) is 3.08. The zero-order valence-corrected chi connectivity index (χ0v) is 20.9. The van der Waals surface area contributed by atoms with Gasteiger partial charge >= 0.3 is 12.1 Å². The SMILES string of the molecule is CCCC(=O)Nc1ccc(OCc2cc(C(=O)NCCCN3CCOCC3)no2)cc1.O=C(O)C(F)(F)F.